The highest BCUT2D eigenvalue weighted by Gasteiger charge is 2.21. The minimum Gasteiger partial charge on any atom is -0.396 e. The molecule has 2 heterocycles. The highest BCUT2D eigenvalue weighted by atomic mass is 16.3. The van der Waals surface area contributed by atoms with E-state index in [0.717, 1.165) is 25.9 Å². The molecule has 0 aromatic carbocycles. The maximum atomic E-state index is 9.06. The first kappa shape index (κ1) is 9.26. The normalized spacial score (nSPS) is 22.6. The van der Waals surface area contributed by atoms with E-state index in [-0.39, 0.29) is 6.61 Å². The predicted molar refractivity (Wildman–Crippen MR) is 52.8 cm³/mol. The van der Waals surface area contributed by atoms with Crippen LogP contribution in [-0.4, -0.2) is 40.0 Å². The maximum Gasteiger partial charge on any atom is 0.246 e. The summed E-state index contributed by atoms with van der Waals surface area (Å²) in [7, 11) is 0. The molecule has 78 valence electrons. The highest BCUT2D eigenvalue weighted by Crippen LogP contribution is 2.19. The second kappa shape index (κ2) is 3.83. The van der Waals surface area contributed by atoms with Crippen molar-refractivity contribution in [1.82, 2.24) is 15.2 Å². The molecule has 0 bridgehead atoms. The SMILES string of the molecule is Nc1nc(N2CCCC(CO)C2)n[nH]1. The van der Waals surface area contributed by atoms with Gasteiger partial charge in [-0.15, -0.1) is 5.10 Å². The zero-order valence-electron chi connectivity index (χ0n) is 7.98. The van der Waals surface area contributed by atoms with E-state index in [1.165, 1.54) is 0 Å². The van der Waals surface area contributed by atoms with Crippen molar-refractivity contribution >= 4 is 11.9 Å². The second-order valence-corrected chi connectivity index (χ2v) is 3.66. The monoisotopic (exact) mass is 197 g/mol. The van der Waals surface area contributed by atoms with E-state index in [1.807, 2.05) is 0 Å². The minimum atomic E-state index is 0.233. The Morgan fingerprint density at radius 3 is 3.14 bits per heavy atom. The molecule has 1 aromatic rings. The Morgan fingerprint density at radius 2 is 2.50 bits per heavy atom. The smallest absolute Gasteiger partial charge is 0.246 e. The van der Waals surface area contributed by atoms with Crippen molar-refractivity contribution < 1.29 is 5.11 Å². The number of aromatic amines is 1. The lowest BCUT2D eigenvalue weighted by molar-refractivity contribution is 0.208. The van der Waals surface area contributed by atoms with Gasteiger partial charge in [0.25, 0.3) is 0 Å². The Labute approximate surface area is 82.1 Å². The van der Waals surface area contributed by atoms with E-state index in [2.05, 4.69) is 20.1 Å². The average molecular weight is 197 g/mol. The van der Waals surface area contributed by atoms with E-state index >= 15 is 0 Å². The number of aliphatic hydroxyl groups excluding tert-OH is 1. The topological polar surface area (TPSA) is 91.1 Å². The number of nitrogen functional groups attached to an aromatic ring is 1. The molecule has 6 heteroatoms. The molecule has 1 aliphatic rings. The van der Waals surface area contributed by atoms with Gasteiger partial charge in [0.2, 0.25) is 11.9 Å². The maximum absolute atomic E-state index is 9.06. The fourth-order valence-corrected chi connectivity index (χ4v) is 1.80. The summed E-state index contributed by atoms with van der Waals surface area (Å²) in [4.78, 5) is 6.11. The largest absolute Gasteiger partial charge is 0.396 e. The molecular formula is C8H15N5O. The third-order valence-corrected chi connectivity index (χ3v) is 2.55. The molecule has 1 aromatic heterocycles. The van der Waals surface area contributed by atoms with Gasteiger partial charge in [0.1, 0.15) is 0 Å². The molecule has 0 saturated carbocycles. The van der Waals surface area contributed by atoms with Crippen molar-refractivity contribution in [1.29, 1.82) is 0 Å². The van der Waals surface area contributed by atoms with Gasteiger partial charge in [-0.2, -0.15) is 4.98 Å². The third-order valence-electron chi connectivity index (χ3n) is 2.55. The zero-order valence-corrected chi connectivity index (χ0v) is 7.98. The van der Waals surface area contributed by atoms with E-state index < -0.39 is 0 Å². The summed E-state index contributed by atoms with van der Waals surface area (Å²) in [5.74, 6) is 1.32. The van der Waals surface area contributed by atoms with Gasteiger partial charge in [-0.3, -0.25) is 0 Å². The lowest BCUT2D eigenvalue weighted by Crippen LogP contribution is -2.37. The first-order chi connectivity index (χ1) is 6.79. The molecule has 1 fully saturated rings. The molecule has 2 rings (SSSR count). The molecule has 1 atom stereocenters. The van der Waals surface area contributed by atoms with Gasteiger partial charge in [0.05, 0.1) is 0 Å². The van der Waals surface area contributed by atoms with Crippen LogP contribution in [0.4, 0.5) is 11.9 Å². The van der Waals surface area contributed by atoms with Crippen LogP contribution in [0.5, 0.6) is 0 Å². The van der Waals surface area contributed by atoms with Gasteiger partial charge in [-0.1, -0.05) is 0 Å². The number of H-pyrrole nitrogens is 1. The van der Waals surface area contributed by atoms with Crippen LogP contribution in [0, 0.1) is 5.92 Å². The van der Waals surface area contributed by atoms with Gasteiger partial charge < -0.3 is 15.7 Å². The van der Waals surface area contributed by atoms with E-state index in [9.17, 15) is 0 Å². The van der Waals surface area contributed by atoms with Crippen molar-refractivity contribution in [3.05, 3.63) is 0 Å². The summed E-state index contributed by atoms with van der Waals surface area (Å²) in [5, 5.41) is 15.7. The molecule has 0 aliphatic carbocycles. The Bertz CT molecular complexity index is 300. The molecule has 0 spiro atoms. The zero-order chi connectivity index (χ0) is 9.97. The summed E-state index contributed by atoms with van der Waals surface area (Å²) < 4.78 is 0. The Morgan fingerprint density at radius 1 is 1.64 bits per heavy atom. The van der Waals surface area contributed by atoms with Crippen LogP contribution in [0.1, 0.15) is 12.8 Å². The van der Waals surface area contributed by atoms with Gasteiger partial charge >= 0.3 is 0 Å². The molecule has 1 unspecified atom stereocenters. The first-order valence-electron chi connectivity index (χ1n) is 4.83. The molecule has 1 aliphatic heterocycles. The van der Waals surface area contributed by atoms with Crippen LogP contribution in [0.15, 0.2) is 0 Å². The van der Waals surface area contributed by atoms with Crippen LogP contribution >= 0.6 is 0 Å². The molecule has 0 radical (unpaired) electrons. The molecule has 6 nitrogen and oxygen atoms in total. The summed E-state index contributed by atoms with van der Waals surface area (Å²) in [6.07, 6.45) is 2.15. The third kappa shape index (κ3) is 1.79. The number of rotatable bonds is 2. The van der Waals surface area contributed by atoms with E-state index in [1.54, 1.807) is 0 Å². The van der Waals surface area contributed by atoms with Crippen molar-refractivity contribution in [2.75, 3.05) is 30.3 Å². The fourth-order valence-electron chi connectivity index (χ4n) is 1.80. The van der Waals surface area contributed by atoms with Gasteiger partial charge in [0, 0.05) is 19.7 Å². The predicted octanol–water partition coefficient (Wildman–Crippen LogP) is -0.404. The van der Waals surface area contributed by atoms with Crippen molar-refractivity contribution in [3.63, 3.8) is 0 Å². The average Bonchev–Trinajstić information content (AvgIpc) is 2.65. The quantitative estimate of drug-likeness (QED) is 0.600. The van der Waals surface area contributed by atoms with Crippen LogP contribution in [0.3, 0.4) is 0 Å². The number of hydrogen-bond donors (Lipinski definition) is 3. The Kier molecular flexibility index (Phi) is 2.53. The Balaban J connectivity index is 2.04. The van der Waals surface area contributed by atoms with Crippen molar-refractivity contribution in [2.45, 2.75) is 12.8 Å². The van der Waals surface area contributed by atoms with Crippen molar-refractivity contribution in [2.24, 2.45) is 5.92 Å². The Hall–Kier alpha value is -1.30. The number of nitrogens with one attached hydrogen (secondary N) is 1. The number of piperidine rings is 1. The number of anilines is 2. The lowest BCUT2D eigenvalue weighted by Gasteiger charge is -2.30. The summed E-state index contributed by atoms with van der Waals surface area (Å²) in [5.41, 5.74) is 5.45. The molecule has 1 saturated heterocycles. The van der Waals surface area contributed by atoms with Crippen LogP contribution in [0.2, 0.25) is 0 Å². The fraction of sp³-hybridized carbons (Fsp3) is 0.750. The number of nitrogens with zero attached hydrogens (tertiary/aromatic N) is 3. The number of hydrogen-bond acceptors (Lipinski definition) is 5. The lowest BCUT2D eigenvalue weighted by atomic mass is 9.99. The minimum absolute atomic E-state index is 0.233. The molecule has 14 heavy (non-hydrogen) atoms. The standard InChI is InChI=1S/C8H15N5O/c9-7-10-8(12-11-7)13-3-1-2-6(4-13)5-14/h6,14H,1-5H2,(H3,9,10,11,12). The van der Waals surface area contributed by atoms with Crippen LogP contribution < -0.4 is 10.6 Å². The summed E-state index contributed by atoms with van der Waals surface area (Å²) in [6.45, 7) is 1.98. The summed E-state index contributed by atoms with van der Waals surface area (Å²) >= 11 is 0. The summed E-state index contributed by atoms with van der Waals surface area (Å²) in [6, 6.07) is 0. The molecule has 0 amide bonds. The highest BCUT2D eigenvalue weighted by molar-refractivity contribution is 5.34. The van der Waals surface area contributed by atoms with E-state index in [0.29, 0.717) is 17.8 Å². The van der Waals surface area contributed by atoms with Crippen molar-refractivity contribution in [3.8, 4) is 0 Å². The first-order valence-corrected chi connectivity index (χ1v) is 4.83. The number of aliphatic hydroxyl groups is 1. The van der Waals surface area contributed by atoms with E-state index in [4.69, 9.17) is 10.8 Å². The number of aromatic nitrogens is 3. The number of nitrogens with two attached hydrogens (primary N) is 1. The van der Waals surface area contributed by atoms with Gasteiger partial charge in [-0.05, 0) is 18.8 Å². The molecular weight excluding hydrogens is 182 g/mol. The molecule has 4 N–H and O–H groups in total. The van der Waals surface area contributed by atoms with Gasteiger partial charge in [0.15, 0.2) is 0 Å². The van der Waals surface area contributed by atoms with Gasteiger partial charge in [-0.25, -0.2) is 5.10 Å². The second-order valence-electron chi connectivity index (χ2n) is 3.66. The van der Waals surface area contributed by atoms with Crippen LogP contribution in [0.25, 0.3) is 0 Å². The van der Waals surface area contributed by atoms with Crippen LogP contribution in [-0.2, 0) is 0 Å².